The van der Waals surface area contributed by atoms with Gasteiger partial charge in [0.2, 0.25) is 5.82 Å². The first-order valence-corrected chi connectivity index (χ1v) is 9.11. The number of fused-ring (bicyclic) bond motifs is 1. The lowest BCUT2D eigenvalue weighted by Gasteiger charge is -2.07. The maximum atomic E-state index is 13.0. The van der Waals surface area contributed by atoms with Crippen LogP contribution in [0, 0.1) is 0 Å². The topological polar surface area (TPSA) is 73.8 Å². The molecule has 0 radical (unpaired) electrons. The van der Waals surface area contributed by atoms with Crippen molar-refractivity contribution in [3.63, 3.8) is 0 Å². The minimum atomic E-state index is -2.75. The van der Waals surface area contributed by atoms with E-state index in [-0.39, 0.29) is 5.65 Å². The molecule has 0 saturated heterocycles. The van der Waals surface area contributed by atoms with Crippen molar-refractivity contribution in [3.8, 4) is 0 Å². The second kappa shape index (κ2) is 7.39. The predicted octanol–water partition coefficient (Wildman–Crippen LogP) is 3.42. The molecule has 0 N–H and O–H groups in total. The average molecular weight is 387 g/mol. The summed E-state index contributed by atoms with van der Waals surface area (Å²) in [6, 6.07) is 13.3. The van der Waals surface area contributed by atoms with Crippen LogP contribution in [0.15, 0.2) is 52.6 Å². The summed E-state index contributed by atoms with van der Waals surface area (Å²) in [6.45, 7) is 2.70. The number of alkyl halides is 2. The monoisotopic (exact) mass is 387 g/mol. The molecule has 0 unspecified atom stereocenters. The highest BCUT2D eigenvalue weighted by atomic mass is 32.2. The molecule has 0 aliphatic heterocycles. The number of hydrogen-bond donors (Lipinski definition) is 0. The molecule has 4 aromatic rings. The highest BCUT2D eigenvalue weighted by Gasteiger charge is 2.18. The lowest BCUT2D eigenvalue weighted by Crippen LogP contribution is -2.05. The molecule has 0 aliphatic carbocycles. The molecule has 0 spiro atoms. The van der Waals surface area contributed by atoms with Crippen LogP contribution in [-0.2, 0) is 13.0 Å². The lowest BCUT2D eigenvalue weighted by molar-refractivity contribution is 0.137. The summed E-state index contributed by atoms with van der Waals surface area (Å²) in [5, 5.41) is 21.1. The maximum absolute atomic E-state index is 13.0. The van der Waals surface area contributed by atoms with E-state index < -0.39 is 12.2 Å². The fraction of sp³-hybridized carbons (Fsp3) is 0.235. The first-order chi connectivity index (χ1) is 13.2. The summed E-state index contributed by atoms with van der Waals surface area (Å²) in [7, 11) is 0. The lowest BCUT2D eigenvalue weighted by atomic mass is 10.1. The van der Waals surface area contributed by atoms with Gasteiger partial charge in [-0.2, -0.15) is 9.61 Å². The molecule has 10 heteroatoms. The Bertz CT molecular complexity index is 1060. The first kappa shape index (κ1) is 17.5. The molecule has 0 amide bonds. The number of rotatable bonds is 6. The number of halogens is 2. The smallest absolute Gasteiger partial charge is 0.299 e. The Morgan fingerprint density at radius 3 is 2.56 bits per heavy atom. The summed E-state index contributed by atoms with van der Waals surface area (Å²) in [5.74, 6) is 0.360. The van der Waals surface area contributed by atoms with Crippen LogP contribution in [0.5, 0.6) is 0 Å². The molecule has 0 saturated carbocycles. The van der Waals surface area contributed by atoms with Crippen molar-refractivity contribution in [1.29, 1.82) is 0 Å². The van der Waals surface area contributed by atoms with Crippen molar-refractivity contribution in [2.45, 2.75) is 36.5 Å². The van der Waals surface area contributed by atoms with Crippen molar-refractivity contribution >= 4 is 17.4 Å². The third kappa shape index (κ3) is 3.52. The average Bonchev–Trinajstić information content (AvgIpc) is 3.26. The zero-order valence-corrected chi connectivity index (χ0v) is 15.1. The van der Waals surface area contributed by atoms with Crippen LogP contribution < -0.4 is 0 Å². The van der Waals surface area contributed by atoms with Crippen LogP contribution >= 0.6 is 11.8 Å². The van der Waals surface area contributed by atoms with Crippen LogP contribution in [0.3, 0.4) is 0 Å². The minimum absolute atomic E-state index is 0.274. The van der Waals surface area contributed by atoms with Gasteiger partial charge in [0.25, 0.3) is 6.43 Å². The molecule has 0 atom stereocenters. The molecule has 0 fully saturated rings. The molecular formula is C17H15F2N7S. The molecule has 138 valence electrons. The summed E-state index contributed by atoms with van der Waals surface area (Å²) < 4.78 is 29.1. The predicted molar refractivity (Wildman–Crippen MR) is 94.8 cm³/mol. The fourth-order valence-corrected chi connectivity index (χ4v) is 3.57. The zero-order valence-electron chi connectivity index (χ0n) is 14.3. The summed E-state index contributed by atoms with van der Waals surface area (Å²) >= 11 is 1.27. The largest absolute Gasteiger partial charge is 0.306 e. The van der Waals surface area contributed by atoms with Crippen LogP contribution in [-0.4, -0.2) is 34.6 Å². The van der Waals surface area contributed by atoms with Crippen molar-refractivity contribution < 1.29 is 8.78 Å². The molecule has 4 rings (SSSR count). The van der Waals surface area contributed by atoms with E-state index in [1.165, 1.54) is 11.8 Å². The van der Waals surface area contributed by atoms with E-state index in [4.69, 9.17) is 0 Å². The van der Waals surface area contributed by atoms with Crippen molar-refractivity contribution in [2.24, 2.45) is 0 Å². The van der Waals surface area contributed by atoms with Crippen molar-refractivity contribution in [1.82, 2.24) is 34.6 Å². The molecule has 3 aromatic heterocycles. The number of aromatic nitrogens is 7. The van der Waals surface area contributed by atoms with Gasteiger partial charge in [0.1, 0.15) is 10.9 Å². The molecule has 3 heterocycles. The van der Waals surface area contributed by atoms with E-state index in [0.29, 0.717) is 23.1 Å². The Hall–Kier alpha value is -2.88. The van der Waals surface area contributed by atoms with E-state index in [1.807, 2.05) is 41.8 Å². The number of benzene rings is 1. The van der Waals surface area contributed by atoms with Gasteiger partial charge in [0.15, 0.2) is 10.8 Å². The van der Waals surface area contributed by atoms with Crippen LogP contribution in [0.25, 0.3) is 5.65 Å². The van der Waals surface area contributed by atoms with Gasteiger partial charge in [0.05, 0.1) is 0 Å². The van der Waals surface area contributed by atoms with E-state index in [9.17, 15) is 8.78 Å². The minimum Gasteiger partial charge on any atom is -0.306 e. The van der Waals surface area contributed by atoms with E-state index >= 15 is 0 Å². The van der Waals surface area contributed by atoms with Crippen LogP contribution in [0.4, 0.5) is 8.78 Å². The highest BCUT2D eigenvalue weighted by Crippen LogP contribution is 2.26. The Labute approximate surface area is 157 Å². The highest BCUT2D eigenvalue weighted by molar-refractivity contribution is 7.99. The summed E-state index contributed by atoms with van der Waals surface area (Å²) in [5.41, 5.74) is 1.41. The third-order valence-electron chi connectivity index (χ3n) is 3.97. The van der Waals surface area contributed by atoms with Gasteiger partial charge in [-0.05, 0) is 36.4 Å². The van der Waals surface area contributed by atoms with Gasteiger partial charge < -0.3 is 4.57 Å². The summed E-state index contributed by atoms with van der Waals surface area (Å²) in [6.07, 6.45) is -2.08. The van der Waals surface area contributed by atoms with Crippen molar-refractivity contribution in [3.05, 3.63) is 59.7 Å². The SMILES string of the molecule is CCn1c(Cc2ccccc2)nnc1Sc1ccc2nnc(C(F)F)n2n1. The molecular weight excluding hydrogens is 372 g/mol. The molecule has 7 nitrogen and oxygen atoms in total. The van der Waals surface area contributed by atoms with Gasteiger partial charge in [-0.25, -0.2) is 8.78 Å². The van der Waals surface area contributed by atoms with Gasteiger partial charge in [-0.1, -0.05) is 30.3 Å². The summed E-state index contributed by atoms with van der Waals surface area (Å²) in [4.78, 5) is 0. The molecule has 1 aromatic carbocycles. The Kier molecular flexibility index (Phi) is 4.80. The number of hydrogen-bond acceptors (Lipinski definition) is 6. The Morgan fingerprint density at radius 1 is 1.00 bits per heavy atom. The van der Waals surface area contributed by atoms with E-state index in [1.54, 1.807) is 12.1 Å². The van der Waals surface area contributed by atoms with Crippen molar-refractivity contribution in [2.75, 3.05) is 0 Å². The zero-order chi connectivity index (χ0) is 18.8. The maximum Gasteiger partial charge on any atom is 0.299 e. The van der Waals surface area contributed by atoms with E-state index in [2.05, 4.69) is 25.5 Å². The third-order valence-corrected chi connectivity index (χ3v) is 4.88. The normalized spacial score (nSPS) is 11.6. The molecule has 0 aliphatic rings. The Morgan fingerprint density at radius 2 is 1.81 bits per heavy atom. The van der Waals surface area contributed by atoms with Crippen LogP contribution in [0.2, 0.25) is 0 Å². The van der Waals surface area contributed by atoms with Gasteiger partial charge in [-0.3, -0.25) is 0 Å². The first-order valence-electron chi connectivity index (χ1n) is 8.30. The van der Waals surface area contributed by atoms with E-state index in [0.717, 1.165) is 15.9 Å². The van der Waals surface area contributed by atoms with Crippen LogP contribution in [0.1, 0.15) is 30.6 Å². The van der Waals surface area contributed by atoms with Gasteiger partial charge in [0, 0.05) is 13.0 Å². The van der Waals surface area contributed by atoms with Gasteiger partial charge >= 0.3 is 0 Å². The molecule has 0 bridgehead atoms. The van der Waals surface area contributed by atoms with Gasteiger partial charge in [-0.15, -0.1) is 20.4 Å². The Balaban J connectivity index is 1.63. The number of nitrogens with zero attached hydrogens (tertiary/aromatic N) is 7. The standard InChI is InChI=1S/C17H15F2N7S/c1-2-25-13(10-11-6-4-3-5-7-11)21-23-17(25)27-14-9-8-12-20-22-16(15(18)19)26(12)24-14/h3-9,15H,2,10H2,1H3. The second-order valence-electron chi connectivity index (χ2n) is 5.71. The second-order valence-corrected chi connectivity index (χ2v) is 6.70. The molecule has 27 heavy (non-hydrogen) atoms. The fourth-order valence-electron chi connectivity index (χ4n) is 2.69. The quantitative estimate of drug-likeness (QED) is 0.505.